The summed E-state index contributed by atoms with van der Waals surface area (Å²) in [7, 11) is -3.45. The van der Waals surface area contributed by atoms with E-state index < -0.39 is 10.0 Å². The second kappa shape index (κ2) is 9.81. The first-order valence-corrected chi connectivity index (χ1v) is 11.9. The van der Waals surface area contributed by atoms with Crippen molar-refractivity contribution >= 4 is 33.2 Å². The first kappa shape index (κ1) is 22.6. The highest BCUT2D eigenvalue weighted by molar-refractivity contribution is 7.89. The van der Waals surface area contributed by atoms with E-state index in [1.807, 2.05) is 0 Å². The number of hydrogen-bond acceptors (Lipinski definition) is 4. The standard InChI is InChI=1S/C22H27ClN2O4S/c1-15(2)14-29-21-11-8-18(13-20(21)23)24-22(26)12-5-16-3-9-19(10-4-16)30(27,28)25-17-6-7-17/h3-4,8-11,13,15,17,25H,5-7,12,14H2,1-2H3,(H,24,26). The predicted octanol–water partition coefficient (Wildman–Crippen LogP) is 4.39. The van der Waals surface area contributed by atoms with Crippen molar-refractivity contribution in [3.63, 3.8) is 0 Å². The highest BCUT2D eigenvalue weighted by atomic mass is 35.5. The minimum Gasteiger partial charge on any atom is -0.492 e. The lowest BCUT2D eigenvalue weighted by Gasteiger charge is -2.12. The number of carbonyl (C=O) groups is 1. The van der Waals surface area contributed by atoms with E-state index in [9.17, 15) is 13.2 Å². The largest absolute Gasteiger partial charge is 0.492 e. The van der Waals surface area contributed by atoms with Crippen LogP contribution >= 0.6 is 11.6 Å². The fourth-order valence-electron chi connectivity index (χ4n) is 2.76. The number of halogens is 1. The number of amides is 1. The molecule has 1 aliphatic carbocycles. The summed E-state index contributed by atoms with van der Waals surface area (Å²) in [5.74, 6) is 0.840. The zero-order valence-corrected chi connectivity index (χ0v) is 18.7. The summed E-state index contributed by atoms with van der Waals surface area (Å²) < 4.78 is 32.7. The molecule has 0 spiro atoms. The summed E-state index contributed by atoms with van der Waals surface area (Å²) in [5.41, 5.74) is 1.50. The second-order valence-electron chi connectivity index (χ2n) is 7.94. The van der Waals surface area contributed by atoms with Crippen LogP contribution in [0.2, 0.25) is 5.02 Å². The topological polar surface area (TPSA) is 84.5 Å². The van der Waals surface area contributed by atoms with Crippen molar-refractivity contribution in [2.24, 2.45) is 5.92 Å². The molecule has 0 aliphatic heterocycles. The van der Waals surface area contributed by atoms with Gasteiger partial charge in [0.25, 0.3) is 0 Å². The van der Waals surface area contributed by atoms with Crippen molar-refractivity contribution in [2.45, 2.75) is 50.5 Å². The van der Waals surface area contributed by atoms with Crippen molar-refractivity contribution in [1.29, 1.82) is 0 Å². The van der Waals surface area contributed by atoms with Gasteiger partial charge in [0.05, 0.1) is 16.5 Å². The van der Waals surface area contributed by atoms with Gasteiger partial charge in [0, 0.05) is 18.2 Å². The Bertz CT molecular complexity index is 987. The minimum atomic E-state index is -3.45. The average Bonchev–Trinajstić information content (AvgIpc) is 3.49. The van der Waals surface area contributed by atoms with Crippen LogP contribution in [0.25, 0.3) is 0 Å². The molecule has 0 bridgehead atoms. The van der Waals surface area contributed by atoms with Crippen LogP contribution in [0.4, 0.5) is 5.69 Å². The van der Waals surface area contributed by atoms with Gasteiger partial charge in [-0.25, -0.2) is 13.1 Å². The molecule has 30 heavy (non-hydrogen) atoms. The molecule has 0 aromatic heterocycles. The van der Waals surface area contributed by atoms with Gasteiger partial charge in [-0.2, -0.15) is 0 Å². The maximum atomic E-state index is 12.3. The molecule has 1 fully saturated rings. The maximum Gasteiger partial charge on any atom is 0.240 e. The number of anilines is 1. The summed E-state index contributed by atoms with van der Waals surface area (Å²) in [5, 5.41) is 3.27. The monoisotopic (exact) mass is 450 g/mol. The van der Waals surface area contributed by atoms with Gasteiger partial charge in [0.1, 0.15) is 5.75 Å². The maximum absolute atomic E-state index is 12.3. The Kier molecular flexibility index (Phi) is 7.39. The van der Waals surface area contributed by atoms with Crippen LogP contribution in [0.15, 0.2) is 47.4 Å². The van der Waals surface area contributed by atoms with E-state index in [0.29, 0.717) is 35.4 Å². The fraction of sp³-hybridized carbons (Fsp3) is 0.409. The first-order chi connectivity index (χ1) is 14.2. The molecule has 2 aromatic carbocycles. The van der Waals surface area contributed by atoms with E-state index in [0.717, 1.165) is 18.4 Å². The second-order valence-corrected chi connectivity index (χ2v) is 10.1. The highest BCUT2D eigenvalue weighted by Crippen LogP contribution is 2.28. The number of aryl methyl sites for hydroxylation is 1. The SMILES string of the molecule is CC(C)COc1ccc(NC(=O)CCc2ccc(S(=O)(=O)NC3CC3)cc2)cc1Cl. The lowest BCUT2D eigenvalue weighted by Crippen LogP contribution is -2.25. The number of hydrogen-bond donors (Lipinski definition) is 2. The molecule has 2 N–H and O–H groups in total. The molecule has 3 rings (SSSR count). The van der Waals surface area contributed by atoms with Crippen LogP contribution in [0.1, 0.15) is 38.7 Å². The lowest BCUT2D eigenvalue weighted by molar-refractivity contribution is -0.116. The third-order valence-electron chi connectivity index (χ3n) is 4.56. The van der Waals surface area contributed by atoms with Crippen LogP contribution in [0.3, 0.4) is 0 Å². The third kappa shape index (κ3) is 6.72. The molecule has 0 atom stereocenters. The molecule has 162 valence electrons. The van der Waals surface area contributed by atoms with Gasteiger partial charge in [0.2, 0.25) is 15.9 Å². The van der Waals surface area contributed by atoms with Gasteiger partial charge in [-0.05, 0) is 61.1 Å². The van der Waals surface area contributed by atoms with Gasteiger partial charge in [-0.3, -0.25) is 4.79 Å². The molecular formula is C22H27ClN2O4S. The van der Waals surface area contributed by atoms with Crippen LogP contribution < -0.4 is 14.8 Å². The van der Waals surface area contributed by atoms with E-state index in [1.165, 1.54) is 0 Å². The van der Waals surface area contributed by atoms with E-state index >= 15 is 0 Å². The highest BCUT2D eigenvalue weighted by Gasteiger charge is 2.27. The van der Waals surface area contributed by atoms with E-state index in [4.69, 9.17) is 16.3 Å². The normalized spacial score (nSPS) is 14.0. The minimum absolute atomic E-state index is 0.0720. The summed E-state index contributed by atoms with van der Waals surface area (Å²) in [6.45, 7) is 4.68. The van der Waals surface area contributed by atoms with Crippen molar-refractivity contribution in [2.75, 3.05) is 11.9 Å². The quantitative estimate of drug-likeness (QED) is 0.562. The molecule has 0 unspecified atom stereocenters. The molecule has 6 nitrogen and oxygen atoms in total. The van der Waals surface area contributed by atoms with E-state index in [1.54, 1.807) is 42.5 Å². The Morgan fingerprint density at radius 1 is 1.17 bits per heavy atom. The van der Waals surface area contributed by atoms with Crippen molar-refractivity contribution in [3.05, 3.63) is 53.1 Å². The van der Waals surface area contributed by atoms with E-state index in [2.05, 4.69) is 23.9 Å². The predicted molar refractivity (Wildman–Crippen MR) is 119 cm³/mol. The smallest absolute Gasteiger partial charge is 0.240 e. The van der Waals surface area contributed by atoms with Crippen LogP contribution in [0, 0.1) is 5.92 Å². The molecular weight excluding hydrogens is 424 g/mol. The summed E-state index contributed by atoms with van der Waals surface area (Å²) in [4.78, 5) is 12.5. The zero-order chi connectivity index (χ0) is 21.7. The van der Waals surface area contributed by atoms with Gasteiger partial charge < -0.3 is 10.1 Å². The molecule has 1 saturated carbocycles. The van der Waals surface area contributed by atoms with E-state index in [-0.39, 0.29) is 23.3 Å². The van der Waals surface area contributed by atoms with Crippen molar-refractivity contribution in [3.8, 4) is 5.75 Å². The van der Waals surface area contributed by atoms with Gasteiger partial charge in [-0.1, -0.05) is 37.6 Å². The molecule has 2 aromatic rings. The average molecular weight is 451 g/mol. The number of sulfonamides is 1. The Hall–Kier alpha value is -2.09. The summed E-state index contributed by atoms with van der Waals surface area (Å²) >= 11 is 6.23. The zero-order valence-electron chi connectivity index (χ0n) is 17.2. The van der Waals surface area contributed by atoms with Crippen LogP contribution in [-0.4, -0.2) is 27.0 Å². The van der Waals surface area contributed by atoms with Gasteiger partial charge in [-0.15, -0.1) is 0 Å². The summed E-state index contributed by atoms with van der Waals surface area (Å²) in [6, 6.07) is 11.9. The Labute approximate surface area is 183 Å². The Morgan fingerprint density at radius 2 is 1.87 bits per heavy atom. The molecule has 0 radical (unpaired) electrons. The molecule has 0 saturated heterocycles. The van der Waals surface area contributed by atoms with Crippen molar-refractivity contribution in [1.82, 2.24) is 4.72 Å². The van der Waals surface area contributed by atoms with Gasteiger partial charge in [0.15, 0.2) is 0 Å². The lowest BCUT2D eigenvalue weighted by atomic mass is 10.1. The number of nitrogens with one attached hydrogen (secondary N) is 2. The molecule has 8 heteroatoms. The number of rotatable bonds is 10. The first-order valence-electron chi connectivity index (χ1n) is 10.1. The Morgan fingerprint density at radius 3 is 2.47 bits per heavy atom. The number of benzene rings is 2. The summed E-state index contributed by atoms with van der Waals surface area (Å²) in [6.07, 6.45) is 2.57. The number of ether oxygens (including phenoxy) is 1. The fourth-order valence-corrected chi connectivity index (χ4v) is 4.30. The third-order valence-corrected chi connectivity index (χ3v) is 6.39. The van der Waals surface area contributed by atoms with Crippen molar-refractivity contribution < 1.29 is 17.9 Å². The molecule has 0 heterocycles. The molecule has 1 amide bonds. The van der Waals surface area contributed by atoms with Crippen LogP contribution in [-0.2, 0) is 21.2 Å². The molecule has 1 aliphatic rings. The van der Waals surface area contributed by atoms with Gasteiger partial charge >= 0.3 is 0 Å². The van der Waals surface area contributed by atoms with Crippen LogP contribution in [0.5, 0.6) is 5.75 Å². The number of carbonyl (C=O) groups excluding carboxylic acids is 1. The Balaban J connectivity index is 1.50.